The van der Waals surface area contributed by atoms with Crippen molar-refractivity contribution in [2.24, 2.45) is 0 Å². The summed E-state index contributed by atoms with van der Waals surface area (Å²) in [6, 6.07) is 0. The first-order valence-corrected chi connectivity index (χ1v) is 3.63. The van der Waals surface area contributed by atoms with Crippen molar-refractivity contribution in [3.8, 4) is 0 Å². The van der Waals surface area contributed by atoms with Gasteiger partial charge >= 0.3 is 19.5 Å². The standard InChI is InChI=1S/2C4H7.Zn/c2*1-2-4-3-1;/h2*1H,2-4H2;/q2*-1;+2. The third-order valence-corrected chi connectivity index (χ3v) is 1.63. The summed E-state index contributed by atoms with van der Waals surface area (Å²) in [5, 5.41) is 0. The van der Waals surface area contributed by atoms with Crippen molar-refractivity contribution in [1.29, 1.82) is 0 Å². The van der Waals surface area contributed by atoms with Gasteiger partial charge in [-0.3, -0.25) is 0 Å². The van der Waals surface area contributed by atoms with Crippen LogP contribution >= 0.6 is 0 Å². The molecule has 0 amide bonds. The van der Waals surface area contributed by atoms with Crippen LogP contribution in [0.2, 0.25) is 0 Å². The maximum atomic E-state index is 2.31. The number of rotatable bonds is 0. The molecule has 48 valence electrons. The zero-order valence-corrected chi connectivity index (χ0v) is 9.07. The van der Waals surface area contributed by atoms with Gasteiger partial charge in [0.1, 0.15) is 0 Å². The minimum absolute atomic E-state index is 0. The van der Waals surface area contributed by atoms with E-state index in [0.717, 1.165) is 0 Å². The van der Waals surface area contributed by atoms with Gasteiger partial charge in [-0.2, -0.15) is 25.7 Å². The van der Waals surface area contributed by atoms with Crippen molar-refractivity contribution in [3.63, 3.8) is 0 Å². The third kappa shape index (κ3) is 5.09. The zero-order valence-electron chi connectivity index (χ0n) is 6.10. The monoisotopic (exact) mass is 174 g/mol. The summed E-state index contributed by atoms with van der Waals surface area (Å²) in [5.74, 6) is 0. The molecule has 2 rings (SSSR count). The molecular formula is C8H14Zn. The maximum absolute atomic E-state index is 2.31. The maximum Gasteiger partial charge on any atom is 2.00 e. The molecule has 0 aliphatic heterocycles. The Balaban J connectivity index is 0.000000128. The molecule has 0 aromatic rings. The summed E-state index contributed by atoms with van der Waals surface area (Å²) in [6.07, 6.45) is 13.0. The number of hydrogen-bond acceptors (Lipinski definition) is 0. The quantitative estimate of drug-likeness (QED) is 0.392. The molecule has 2 fully saturated rings. The van der Waals surface area contributed by atoms with Crippen LogP contribution in [0.1, 0.15) is 38.5 Å². The van der Waals surface area contributed by atoms with Crippen molar-refractivity contribution >= 4 is 0 Å². The van der Waals surface area contributed by atoms with E-state index >= 15 is 0 Å². The summed E-state index contributed by atoms with van der Waals surface area (Å²) in [4.78, 5) is 0. The van der Waals surface area contributed by atoms with Crippen molar-refractivity contribution < 1.29 is 19.5 Å². The Morgan fingerprint density at radius 2 is 0.778 bits per heavy atom. The first-order chi connectivity index (χ1) is 4.00. The topological polar surface area (TPSA) is 0 Å². The predicted molar refractivity (Wildman–Crippen MR) is 36.3 cm³/mol. The van der Waals surface area contributed by atoms with Gasteiger partial charge in [0.25, 0.3) is 0 Å². The van der Waals surface area contributed by atoms with Crippen molar-refractivity contribution in [2.75, 3.05) is 0 Å². The predicted octanol–water partition coefficient (Wildman–Crippen LogP) is 2.75. The molecule has 0 atom stereocenters. The Hall–Kier alpha value is 0.623. The van der Waals surface area contributed by atoms with E-state index in [9.17, 15) is 0 Å². The molecule has 0 saturated heterocycles. The molecule has 0 aromatic heterocycles. The van der Waals surface area contributed by atoms with E-state index in [1.165, 1.54) is 38.5 Å². The molecule has 1 heteroatoms. The summed E-state index contributed by atoms with van der Waals surface area (Å²) < 4.78 is 0. The van der Waals surface area contributed by atoms with E-state index in [-0.39, 0.29) is 19.5 Å². The molecule has 9 heavy (non-hydrogen) atoms. The molecule has 0 unspecified atom stereocenters. The van der Waals surface area contributed by atoms with Crippen LogP contribution in [-0.4, -0.2) is 0 Å². The van der Waals surface area contributed by atoms with Crippen molar-refractivity contribution in [2.45, 2.75) is 38.5 Å². The Morgan fingerprint density at radius 3 is 0.778 bits per heavy atom. The molecule has 2 aliphatic rings. The average molecular weight is 176 g/mol. The fourth-order valence-electron chi connectivity index (χ4n) is 0.408. The van der Waals surface area contributed by atoms with E-state index < -0.39 is 0 Å². The van der Waals surface area contributed by atoms with Gasteiger partial charge in [0.05, 0.1) is 0 Å². The fraction of sp³-hybridized carbons (Fsp3) is 0.750. The number of hydrogen-bond donors (Lipinski definition) is 0. The minimum Gasteiger partial charge on any atom is -0.329 e. The van der Waals surface area contributed by atoms with Crippen LogP contribution in [0.25, 0.3) is 0 Å². The van der Waals surface area contributed by atoms with Gasteiger partial charge in [-0.05, 0) is 0 Å². The van der Waals surface area contributed by atoms with Crippen LogP contribution in [0.15, 0.2) is 0 Å². The van der Waals surface area contributed by atoms with Gasteiger partial charge in [0.2, 0.25) is 0 Å². The SMILES string of the molecule is [CH-]1CCC1.[CH-]1CCC1.[Zn+2]. The molecule has 0 nitrogen and oxygen atoms in total. The second kappa shape index (κ2) is 6.74. The molecule has 0 radical (unpaired) electrons. The van der Waals surface area contributed by atoms with Crippen molar-refractivity contribution in [3.05, 3.63) is 12.8 Å². The van der Waals surface area contributed by atoms with E-state index in [2.05, 4.69) is 12.8 Å². The minimum atomic E-state index is 0. The first kappa shape index (κ1) is 9.62. The second-order valence-electron chi connectivity index (χ2n) is 2.44. The molecule has 2 aliphatic carbocycles. The van der Waals surface area contributed by atoms with Crippen LogP contribution in [-0.2, 0) is 19.5 Å². The van der Waals surface area contributed by atoms with Gasteiger partial charge in [-0.15, -0.1) is 12.8 Å². The Labute approximate surface area is 71.2 Å². The summed E-state index contributed by atoms with van der Waals surface area (Å²) >= 11 is 0. The average Bonchev–Trinajstić information content (AvgIpc) is 1.12. The fourth-order valence-corrected chi connectivity index (χ4v) is 0.408. The van der Waals surface area contributed by atoms with E-state index in [4.69, 9.17) is 0 Å². The Kier molecular flexibility index (Phi) is 7.21. The van der Waals surface area contributed by atoms with Crippen molar-refractivity contribution in [1.82, 2.24) is 0 Å². The van der Waals surface area contributed by atoms with Crippen LogP contribution in [0.3, 0.4) is 0 Å². The van der Waals surface area contributed by atoms with Crippen LogP contribution in [0.5, 0.6) is 0 Å². The van der Waals surface area contributed by atoms with E-state index in [1.54, 1.807) is 0 Å². The van der Waals surface area contributed by atoms with Crippen LogP contribution < -0.4 is 0 Å². The van der Waals surface area contributed by atoms with Gasteiger partial charge in [0, 0.05) is 0 Å². The van der Waals surface area contributed by atoms with Gasteiger partial charge in [-0.1, -0.05) is 0 Å². The van der Waals surface area contributed by atoms with Crippen LogP contribution in [0, 0.1) is 12.8 Å². The molecule has 0 N–H and O–H groups in total. The molecule has 0 aromatic carbocycles. The molecule has 0 bridgehead atoms. The van der Waals surface area contributed by atoms with E-state index in [0.29, 0.717) is 0 Å². The molecule has 0 heterocycles. The molecule has 2 saturated carbocycles. The molecular weight excluding hydrogens is 161 g/mol. The smallest absolute Gasteiger partial charge is 0.329 e. The summed E-state index contributed by atoms with van der Waals surface area (Å²) in [7, 11) is 0. The summed E-state index contributed by atoms with van der Waals surface area (Å²) in [6.45, 7) is 0. The summed E-state index contributed by atoms with van der Waals surface area (Å²) in [5.41, 5.74) is 0. The van der Waals surface area contributed by atoms with Crippen LogP contribution in [0.4, 0.5) is 0 Å². The largest absolute Gasteiger partial charge is 2.00 e. The molecule has 0 spiro atoms. The zero-order chi connectivity index (χ0) is 5.66. The van der Waals surface area contributed by atoms with Gasteiger partial charge in [-0.25, -0.2) is 0 Å². The second-order valence-corrected chi connectivity index (χ2v) is 2.44. The first-order valence-electron chi connectivity index (χ1n) is 3.63. The normalized spacial score (nSPS) is 21.3. The Bertz CT molecular complexity index is 28.5. The van der Waals surface area contributed by atoms with Gasteiger partial charge < -0.3 is 12.8 Å². The third-order valence-electron chi connectivity index (χ3n) is 1.63. The van der Waals surface area contributed by atoms with E-state index in [1.807, 2.05) is 0 Å². The van der Waals surface area contributed by atoms with Gasteiger partial charge in [0.15, 0.2) is 0 Å². The Morgan fingerprint density at radius 1 is 0.667 bits per heavy atom.